The van der Waals surface area contributed by atoms with E-state index in [0.717, 1.165) is 11.3 Å². The van der Waals surface area contributed by atoms with E-state index in [1.54, 1.807) is 6.34 Å². The Labute approximate surface area is 163 Å². The molecule has 0 aromatic heterocycles. The Morgan fingerprint density at radius 1 is 1.04 bits per heavy atom. The molecule has 0 N–H and O–H groups in total. The number of halogens is 3. The van der Waals surface area contributed by atoms with Crippen LogP contribution >= 0.6 is 47.4 Å². The third-order valence-corrected chi connectivity index (χ3v) is 4.38. The summed E-state index contributed by atoms with van der Waals surface area (Å²) in [5.41, 5.74) is 1.75. The lowest BCUT2D eigenvalue weighted by molar-refractivity contribution is 0.644. The fraction of sp³-hybridized carbons (Fsp3) is 0.176. The maximum absolute atomic E-state index is 6.22. The van der Waals surface area contributed by atoms with Crippen molar-refractivity contribution in [3.8, 4) is 0 Å². The van der Waals surface area contributed by atoms with Crippen LogP contribution in [0.25, 0.3) is 0 Å². The molecule has 0 unspecified atom stereocenters. The van der Waals surface area contributed by atoms with Crippen molar-refractivity contribution in [1.82, 2.24) is 4.90 Å². The Bertz CT molecular complexity index is 683. The predicted octanol–water partition coefficient (Wildman–Crippen LogP) is 5.93. The lowest BCUT2D eigenvalue weighted by Crippen LogP contribution is -2.09. The normalized spacial score (nSPS) is 11.4. The van der Waals surface area contributed by atoms with Crippen LogP contribution < -0.4 is 0 Å². The van der Waals surface area contributed by atoms with Gasteiger partial charge in [-0.1, -0.05) is 59.2 Å². The van der Waals surface area contributed by atoms with Crippen molar-refractivity contribution in [3.05, 3.63) is 64.1 Å². The summed E-state index contributed by atoms with van der Waals surface area (Å²) in [5.74, 6) is 0.606. The molecule has 0 aliphatic carbocycles. The average Bonchev–Trinajstić information content (AvgIpc) is 2.52. The summed E-state index contributed by atoms with van der Waals surface area (Å²) in [6.07, 6.45) is 1.73. The monoisotopic (exact) mass is 401 g/mol. The number of thioether (sulfide) groups is 1. The SMILES string of the molecule is CN(C)C=NC(=Nc1ccccc1)SCc1c(Cl)cccc1Cl.Cl. The number of amidine groups is 1. The smallest absolute Gasteiger partial charge is 0.189 e. The second kappa shape index (κ2) is 10.6. The van der Waals surface area contributed by atoms with Gasteiger partial charge in [-0.25, -0.2) is 9.98 Å². The third-order valence-electron chi connectivity index (χ3n) is 2.79. The first-order valence-electron chi connectivity index (χ1n) is 6.96. The molecule has 0 spiro atoms. The molecule has 2 aromatic carbocycles. The summed E-state index contributed by atoms with van der Waals surface area (Å²) in [4.78, 5) is 10.9. The second-order valence-electron chi connectivity index (χ2n) is 4.93. The molecule has 0 heterocycles. The summed E-state index contributed by atoms with van der Waals surface area (Å²) in [6, 6.07) is 15.2. The van der Waals surface area contributed by atoms with E-state index in [-0.39, 0.29) is 12.4 Å². The number of rotatable bonds is 4. The first-order chi connectivity index (χ1) is 11.1. The van der Waals surface area contributed by atoms with Crippen molar-refractivity contribution >= 4 is 64.6 Å². The van der Waals surface area contributed by atoms with Crippen molar-refractivity contribution in [2.24, 2.45) is 9.98 Å². The Morgan fingerprint density at radius 2 is 1.67 bits per heavy atom. The number of para-hydroxylation sites is 1. The van der Waals surface area contributed by atoms with Crippen LogP contribution in [-0.4, -0.2) is 30.5 Å². The van der Waals surface area contributed by atoms with Crippen LogP contribution in [0.5, 0.6) is 0 Å². The number of hydrogen-bond acceptors (Lipinski definition) is 2. The van der Waals surface area contributed by atoms with E-state index >= 15 is 0 Å². The van der Waals surface area contributed by atoms with Gasteiger partial charge in [0.2, 0.25) is 0 Å². The van der Waals surface area contributed by atoms with Gasteiger partial charge in [-0.2, -0.15) is 0 Å². The molecule has 0 amide bonds. The van der Waals surface area contributed by atoms with E-state index in [9.17, 15) is 0 Å². The van der Waals surface area contributed by atoms with Crippen LogP contribution in [0.4, 0.5) is 5.69 Å². The minimum absolute atomic E-state index is 0. The number of benzene rings is 2. The number of nitrogens with zero attached hydrogens (tertiary/aromatic N) is 3. The predicted molar refractivity (Wildman–Crippen MR) is 111 cm³/mol. The zero-order chi connectivity index (χ0) is 16.7. The molecule has 2 aromatic rings. The van der Waals surface area contributed by atoms with Crippen LogP contribution in [-0.2, 0) is 5.75 Å². The average molecular weight is 403 g/mol. The van der Waals surface area contributed by atoms with E-state index in [4.69, 9.17) is 23.2 Å². The minimum atomic E-state index is 0. The molecule has 0 bridgehead atoms. The highest BCUT2D eigenvalue weighted by Gasteiger charge is 2.08. The van der Waals surface area contributed by atoms with Crippen LogP contribution in [0.1, 0.15) is 5.56 Å². The van der Waals surface area contributed by atoms with Gasteiger partial charge in [0, 0.05) is 29.9 Å². The van der Waals surface area contributed by atoms with Gasteiger partial charge < -0.3 is 4.90 Å². The highest BCUT2D eigenvalue weighted by atomic mass is 35.5. The highest BCUT2D eigenvalue weighted by Crippen LogP contribution is 2.29. The quantitative estimate of drug-likeness (QED) is 0.468. The zero-order valence-electron chi connectivity index (χ0n) is 13.3. The lowest BCUT2D eigenvalue weighted by atomic mass is 10.2. The summed E-state index contributed by atoms with van der Waals surface area (Å²) in [5, 5.41) is 1.96. The maximum Gasteiger partial charge on any atom is 0.189 e. The van der Waals surface area contributed by atoms with Crippen molar-refractivity contribution in [1.29, 1.82) is 0 Å². The Hall–Kier alpha value is -1.20. The van der Waals surface area contributed by atoms with Gasteiger partial charge in [-0.3, -0.25) is 0 Å². The molecule has 24 heavy (non-hydrogen) atoms. The molecule has 0 saturated carbocycles. The van der Waals surface area contributed by atoms with Crippen LogP contribution in [0.15, 0.2) is 58.5 Å². The van der Waals surface area contributed by atoms with E-state index in [1.165, 1.54) is 11.8 Å². The largest absolute Gasteiger partial charge is 0.369 e. The molecule has 3 nitrogen and oxygen atoms in total. The van der Waals surface area contributed by atoms with E-state index in [0.29, 0.717) is 21.0 Å². The molecule has 0 saturated heterocycles. The number of aliphatic imine (C=N–C) groups is 2. The first-order valence-corrected chi connectivity index (χ1v) is 8.70. The molecular formula is C17H18Cl3N3S. The summed E-state index contributed by atoms with van der Waals surface area (Å²) in [7, 11) is 3.83. The van der Waals surface area contributed by atoms with Gasteiger partial charge in [0.05, 0.1) is 12.0 Å². The van der Waals surface area contributed by atoms with Crippen molar-refractivity contribution in [2.75, 3.05) is 14.1 Å². The van der Waals surface area contributed by atoms with Crippen molar-refractivity contribution < 1.29 is 0 Å². The molecule has 128 valence electrons. The van der Waals surface area contributed by atoms with Gasteiger partial charge in [-0.15, -0.1) is 12.4 Å². The molecule has 2 rings (SSSR count). The van der Waals surface area contributed by atoms with Crippen LogP contribution in [0.3, 0.4) is 0 Å². The van der Waals surface area contributed by atoms with E-state index < -0.39 is 0 Å². The van der Waals surface area contributed by atoms with Gasteiger partial charge >= 0.3 is 0 Å². The second-order valence-corrected chi connectivity index (χ2v) is 6.68. The third kappa shape index (κ3) is 6.73. The van der Waals surface area contributed by atoms with Gasteiger partial charge in [-0.05, 0) is 29.8 Å². The Kier molecular flexibility index (Phi) is 9.22. The van der Waals surface area contributed by atoms with Gasteiger partial charge in [0.25, 0.3) is 0 Å². The summed E-state index contributed by atoms with van der Waals surface area (Å²) < 4.78 is 0. The molecule has 7 heteroatoms. The van der Waals surface area contributed by atoms with Gasteiger partial charge in [0.15, 0.2) is 5.17 Å². The molecule has 0 radical (unpaired) electrons. The van der Waals surface area contributed by atoms with Gasteiger partial charge in [0.1, 0.15) is 0 Å². The fourth-order valence-corrected chi connectivity index (χ4v) is 3.25. The lowest BCUT2D eigenvalue weighted by Gasteiger charge is -2.08. The molecule has 0 aliphatic heterocycles. The Balaban J connectivity index is 0.00000288. The minimum Gasteiger partial charge on any atom is -0.369 e. The fourth-order valence-electron chi connectivity index (χ4n) is 1.68. The highest BCUT2D eigenvalue weighted by molar-refractivity contribution is 8.13. The van der Waals surface area contributed by atoms with Crippen LogP contribution in [0.2, 0.25) is 10.0 Å². The summed E-state index contributed by atoms with van der Waals surface area (Å²) in [6.45, 7) is 0. The Morgan fingerprint density at radius 3 is 2.25 bits per heavy atom. The van der Waals surface area contributed by atoms with E-state index in [2.05, 4.69) is 9.98 Å². The molecular weight excluding hydrogens is 385 g/mol. The topological polar surface area (TPSA) is 28.0 Å². The summed E-state index contributed by atoms with van der Waals surface area (Å²) >= 11 is 13.9. The molecule has 0 aliphatic rings. The first kappa shape index (κ1) is 20.8. The number of hydrogen-bond donors (Lipinski definition) is 0. The molecule has 0 fully saturated rings. The standard InChI is InChI=1S/C17H17Cl2N3S.ClH/c1-22(2)12-20-17(21-13-7-4-3-5-8-13)23-11-14-15(18)9-6-10-16(14)19;/h3-10,12H,11H2,1-2H3;1H. The van der Waals surface area contributed by atoms with E-state index in [1.807, 2.05) is 67.5 Å². The maximum atomic E-state index is 6.22. The van der Waals surface area contributed by atoms with Crippen molar-refractivity contribution in [3.63, 3.8) is 0 Å². The van der Waals surface area contributed by atoms with Crippen molar-refractivity contribution in [2.45, 2.75) is 5.75 Å². The van der Waals surface area contributed by atoms with Crippen LogP contribution in [0, 0.1) is 0 Å². The zero-order valence-corrected chi connectivity index (χ0v) is 16.5. The molecule has 0 atom stereocenters.